The highest BCUT2D eigenvalue weighted by molar-refractivity contribution is 6.08. The van der Waals surface area contributed by atoms with Crippen molar-refractivity contribution in [3.8, 4) is 0 Å². The number of fused-ring (bicyclic) bond motifs is 1. The Kier molecular flexibility index (Phi) is 6.74. The molecule has 0 atom stereocenters. The molecule has 0 amide bonds. The molecule has 3 rings (SSSR count). The molecule has 0 saturated carbocycles. The van der Waals surface area contributed by atoms with Crippen molar-refractivity contribution in [3.05, 3.63) is 41.1 Å². The molecule has 23 heavy (non-hydrogen) atoms. The number of hydrogen-bond donors (Lipinski definition) is 0. The molecule has 0 fully saturated rings. The van der Waals surface area contributed by atoms with Crippen LogP contribution in [-0.4, -0.2) is 23.0 Å². The summed E-state index contributed by atoms with van der Waals surface area (Å²) in [6, 6.07) is 8.16. The van der Waals surface area contributed by atoms with Gasteiger partial charge in [-0.3, -0.25) is 4.98 Å². The van der Waals surface area contributed by atoms with Crippen LogP contribution in [0.4, 0.5) is 0 Å². The lowest BCUT2D eigenvalue weighted by molar-refractivity contribution is 0.131. The highest BCUT2D eigenvalue weighted by Crippen LogP contribution is 2.28. The van der Waals surface area contributed by atoms with E-state index in [2.05, 4.69) is 36.8 Å². The van der Waals surface area contributed by atoms with Gasteiger partial charge in [-0.25, -0.2) is 4.99 Å². The third kappa shape index (κ3) is 4.10. The van der Waals surface area contributed by atoms with Gasteiger partial charge in [0.05, 0.1) is 17.6 Å². The molecule has 0 saturated heterocycles. The summed E-state index contributed by atoms with van der Waals surface area (Å²) in [6.45, 7) is 17.0. The maximum Gasteiger partial charge on any atom is 0.217 e. The quantitative estimate of drug-likeness (QED) is 0.700. The molecular formula is C20H30N2O. The van der Waals surface area contributed by atoms with Crippen LogP contribution in [-0.2, 0) is 4.74 Å². The predicted molar refractivity (Wildman–Crippen MR) is 100 cm³/mol. The fraction of sp³-hybridized carbons (Fsp3) is 0.500. The average molecular weight is 314 g/mol. The highest BCUT2D eigenvalue weighted by Gasteiger charge is 2.30. The Morgan fingerprint density at radius 1 is 1.00 bits per heavy atom. The van der Waals surface area contributed by atoms with E-state index < -0.39 is 0 Å². The minimum absolute atomic E-state index is 0.208. The summed E-state index contributed by atoms with van der Waals surface area (Å²) in [6.07, 6.45) is 0. The zero-order valence-corrected chi connectivity index (χ0v) is 15.8. The molecule has 0 unspecified atom stereocenters. The van der Waals surface area contributed by atoms with E-state index in [0.717, 1.165) is 33.6 Å². The maximum atomic E-state index is 6.00. The first-order chi connectivity index (χ1) is 11.0. The normalized spacial score (nSPS) is 14.9. The van der Waals surface area contributed by atoms with Gasteiger partial charge >= 0.3 is 0 Å². The molecular weight excluding hydrogens is 284 g/mol. The minimum atomic E-state index is -0.208. The fourth-order valence-electron chi connectivity index (χ4n) is 2.42. The fourth-order valence-corrected chi connectivity index (χ4v) is 2.42. The molecule has 1 aliphatic heterocycles. The number of rotatable bonds is 1. The van der Waals surface area contributed by atoms with Crippen LogP contribution in [0, 0.1) is 13.8 Å². The third-order valence-corrected chi connectivity index (χ3v) is 3.57. The first-order valence-electron chi connectivity index (χ1n) is 8.58. The Hall–Kier alpha value is -1.90. The number of aromatic nitrogens is 1. The molecule has 126 valence electrons. The van der Waals surface area contributed by atoms with Gasteiger partial charge in [-0.1, -0.05) is 45.9 Å². The molecule has 1 aromatic heterocycles. The first-order valence-corrected chi connectivity index (χ1v) is 8.58. The summed E-state index contributed by atoms with van der Waals surface area (Å²) in [4.78, 5) is 9.21. The number of benzene rings is 1. The van der Waals surface area contributed by atoms with E-state index in [4.69, 9.17) is 4.74 Å². The molecule has 2 aromatic rings. The molecule has 0 N–H and O–H groups in total. The second-order valence-corrected chi connectivity index (χ2v) is 5.70. The zero-order chi connectivity index (χ0) is 17.6. The van der Waals surface area contributed by atoms with Crippen molar-refractivity contribution in [1.29, 1.82) is 0 Å². The summed E-state index contributed by atoms with van der Waals surface area (Å²) < 4.78 is 6.00. The number of aliphatic imine (C=N–C) groups is 1. The second kappa shape index (κ2) is 8.09. The Morgan fingerprint density at radius 2 is 1.61 bits per heavy atom. The van der Waals surface area contributed by atoms with Gasteiger partial charge in [-0.05, 0) is 39.3 Å². The lowest BCUT2D eigenvalue weighted by Crippen LogP contribution is -2.24. The minimum Gasteiger partial charge on any atom is -0.469 e. The smallest absolute Gasteiger partial charge is 0.217 e. The van der Waals surface area contributed by atoms with Crippen LogP contribution in [0.1, 0.15) is 58.4 Å². The number of hydrogen-bond acceptors (Lipinski definition) is 3. The van der Waals surface area contributed by atoms with Crippen molar-refractivity contribution in [2.75, 3.05) is 6.54 Å². The molecule has 0 bridgehead atoms. The van der Waals surface area contributed by atoms with Gasteiger partial charge in [0.1, 0.15) is 5.60 Å². The van der Waals surface area contributed by atoms with E-state index in [1.54, 1.807) is 0 Å². The SMILES string of the molecule is CC.CC.Cc1nc2ccccc2c(C2=NCC(C)(C)O2)c1C. The number of ether oxygens (including phenoxy) is 1. The Balaban J connectivity index is 0.000000615. The lowest BCUT2D eigenvalue weighted by atomic mass is 10.0. The van der Waals surface area contributed by atoms with E-state index in [0.29, 0.717) is 6.54 Å². The summed E-state index contributed by atoms with van der Waals surface area (Å²) in [5, 5.41) is 1.11. The topological polar surface area (TPSA) is 34.5 Å². The monoisotopic (exact) mass is 314 g/mol. The lowest BCUT2D eigenvalue weighted by Gasteiger charge is -2.19. The van der Waals surface area contributed by atoms with Gasteiger partial charge < -0.3 is 4.74 Å². The summed E-state index contributed by atoms with van der Waals surface area (Å²) in [5.74, 6) is 0.754. The van der Waals surface area contributed by atoms with Crippen LogP contribution in [0.2, 0.25) is 0 Å². The van der Waals surface area contributed by atoms with E-state index in [1.807, 2.05) is 52.8 Å². The van der Waals surface area contributed by atoms with Crippen LogP contribution >= 0.6 is 0 Å². The third-order valence-electron chi connectivity index (χ3n) is 3.57. The number of para-hydroxylation sites is 1. The Morgan fingerprint density at radius 3 is 2.17 bits per heavy atom. The number of aryl methyl sites for hydroxylation is 1. The molecule has 1 aromatic carbocycles. The van der Waals surface area contributed by atoms with Crippen molar-refractivity contribution in [3.63, 3.8) is 0 Å². The van der Waals surface area contributed by atoms with Gasteiger partial charge in [-0.15, -0.1) is 0 Å². The van der Waals surface area contributed by atoms with E-state index >= 15 is 0 Å². The molecule has 2 heterocycles. The summed E-state index contributed by atoms with van der Waals surface area (Å²) in [5.41, 5.74) is 4.06. The van der Waals surface area contributed by atoms with Crippen LogP contribution in [0.25, 0.3) is 10.9 Å². The van der Waals surface area contributed by atoms with Crippen molar-refractivity contribution >= 4 is 16.8 Å². The van der Waals surface area contributed by atoms with Crippen LogP contribution in [0.3, 0.4) is 0 Å². The summed E-state index contributed by atoms with van der Waals surface area (Å²) >= 11 is 0. The van der Waals surface area contributed by atoms with Crippen molar-refractivity contribution in [2.24, 2.45) is 4.99 Å². The van der Waals surface area contributed by atoms with Gasteiger partial charge in [0.25, 0.3) is 0 Å². The summed E-state index contributed by atoms with van der Waals surface area (Å²) in [7, 11) is 0. The van der Waals surface area contributed by atoms with Crippen molar-refractivity contribution in [2.45, 2.75) is 61.0 Å². The number of pyridine rings is 1. The van der Waals surface area contributed by atoms with E-state index in [-0.39, 0.29) is 5.60 Å². The van der Waals surface area contributed by atoms with E-state index in [9.17, 15) is 0 Å². The van der Waals surface area contributed by atoms with Gasteiger partial charge in [0.2, 0.25) is 5.90 Å². The van der Waals surface area contributed by atoms with E-state index in [1.165, 1.54) is 0 Å². The average Bonchev–Trinajstić information content (AvgIpc) is 2.92. The molecule has 3 nitrogen and oxygen atoms in total. The van der Waals surface area contributed by atoms with Gasteiger partial charge in [0, 0.05) is 11.1 Å². The standard InChI is InChI=1S/C16H18N2O.2C2H6/c1-10-11(2)18-13-8-6-5-7-12(13)14(10)15-17-9-16(3,4)19-15;2*1-2/h5-8H,9H2,1-4H3;2*1-2H3. The second-order valence-electron chi connectivity index (χ2n) is 5.70. The molecule has 0 aliphatic carbocycles. The largest absolute Gasteiger partial charge is 0.469 e. The van der Waals surface area contributed by atoms with Crippen molar-refractivity contribution < 1.29 is 4.74 Å². The van der Waals surface area contributed by atoms with Crippen LogP contribution in [0.5, 0.6) is 0 Å². The molecule has 0 spiro atoms. The molecule has 0 radical (unpaired) electrons. The zero-order valence-electron chi connectivity index (χ0n) is 15.8. The Labute approximate surface area is 140 Å². The van der Waals surface area contributed by atoms with Crippen molar-refractivity contribution in [1.82, 2.24) is 4.98 Å². The van der Waals surface area contributed by atoms with Gasteiger partial charge in [-0.2, -0.15) is 0 Å². The number of nitrogens with zero attached hydrogens (tertiary/aromatic N) is 2. The van der Waals surface area contributed by atoms with Crippen LogP contribution < -0.4 is 0 Å². The van der Waals surface area contributed by atoms with Crippen LogP contribution in [0.15, 0.2) is 29.3 Å². The maximum absolute atomic E-state index is 6.00. The molecule has 1 aliphatic rings. The highest BCUT2D eigenvalue weighted by atomic mass is 16.5. The van der Waals surface area contributed by atoms with Gasteiger partial charge in [0.15, 0.2) is 0 Å². The Bertz CT molecular complexity index is 687. The first kappa shape index (κ1) is 19.1. The predicted octanol–water partition coefficient (Wildman–Crippen LogP) is 5.46. The molecule has 3 heteroatoms.